The molecule has 1 saturated heterocycles. The predicted molar refractivity (Wildman–Crippen MR) is 112 cm³/mol. The monoisotopic (exact) mass is 398 g/mol. The van der Waals surface area contributed by atoms with E-state index in [1.165, 1.54) is 23.4 Å². The van der Waals surface area contributed by atoms with E-state index >= 15 is 0 Å². The third-order valence-corrected chi connectivity index (χ3v) is 5.76. The van der Waals surface area contributed by atoms with Gasteiger partial charge in [-0.2, -0.15) is 0 Å². The highest BCUT2D eigenvalue weighted by atomic mass is 16.4. The highest BCUT2D eigenvalue weighted by Crippen LogP contribution is 2.41. The molecule has 4 rings (SSSR count). The Morgan fingerprint density at radius 2 is 2.07 bits per heavy atom. The number of imidazole rings is 1. The van der Waals surface area contributed by atoms with Crippen LogP contribution in [-0.2, 0) is 0 Å². The van der Waals surface area contributed by atoms with E-state index < -0.39 is 6.09 Å². The zero-order valence-electron chi connectivity index (χ0n) is 16.9. The summed E-state index contributed by atoms with van der Waals surface area (Å²) < 4.78 is 0. The summed E-state index contributed by atoms with van der Waals surface area (Å²) in [6.07, 6.45) is 4.47. The number of carbonyl (C=O) groups is 1. The van der Waals surface area contributed by atoms with E-state index in [0.29, 0.717) is 25.0 Å². The largest absolute Gasteiger partial charge is 0.465 e. The van der Waals surface area contributed by atoms with Gasteiger partial charge in [0.25, 0.3) is 0 Å². The van der Waals surface area contributed by atoms with E-state index in [9.17, 15) is 4.79 Å². The quantitative estimate of drug-likeness (QED) is 0.534. The average Bonchev–Trinajstić information content (AvgIpc) is 3.51. The van der Waals surface area contributed by atoms with Gasteiger partial charge in [-0.1, -0.05) is 6.07 Å². The molecule has 0 aromatic carbocycles. The van der Waals surface area contributed by atoms with Crippen molar-refractivity contribution in [3.8, 4) is 11.5 Å². The first-order valence-corrected chi connectivity index (χ1v) is 10.6. The maximum absolute atomic E-state index is 11.1. The second-order valence-electron chi connectivity index (χ2n) is 8.05. The van der Waals surface area contributed by atoms with Crippen molar-refractivity contribution in [2.45, 2.75) is 51.0 Å². The van der Waals surface area contributed by atoms with Gasteiger partial charge >= 0.3 is 6.09 Å². The zero-order valence-corrected chi connectivity index (χ0v) is 16.9. The number of amides is 1. The SMILES string of the molecule is Cc1nc(-c2cccc(NCCNC3CCCN(C(=O)O)CC3)n2)[nH]c1C1CC1. The Morgan fingerprint density at radius 3 is 2.86 bits per heavy atom. The summed E-state index contributed by atoms with van der Waals surface area (Å²) in [4.78, 5) is 25.4. The molecule has 0 bridgehead atoms. The molecule has 2 aliphatic rings. The molecule has 0 spiro atoms. The smallest absolute Gasteiger partial charge is 0.407 e. The molecule has 156 valence electrons. The molecule has 1 aliphatic carbocycles. The first kappa shape index (κ1) is 19.7. The third-order valence-electron chi connectivity index (χ3n) is 5.76. The molecule has 1 amide bonds. The molecule has 2 aromatic heterocycles. The maximum atomic E-state index is 11.1. The van der Waals surface area contributed by atoms with Gasteiger partial charge in [0.2, 0.25) is 0 Å². The fourth-order valence-electron chi connectivity index (χ4n) is 3.99. The third kappa shape index (κ3) is 5.06. The van der Waals surface area contributed by atoms with E-state index in [0.717, 1.165) is 55.4 Å². The van der Waals surface area contributed by atoms with Gasteiger partial charge < -0.3 is 25.6 Å². The van der Waals surface area contributed by atoms with Crippen LogP contribution < -0.4 is 10.6 Å². The van der Waals surface area contributed by atoms with Crippen molar-refractivity contribution < 1.29 is 9.90 Å². The number of hydrogen-bond acceptors (Lipinski definition) is 5. The molecule has 4 N–H and O–H groups in total. The summed E-state index contributed by atoms with van der Waals surface area (Å²) in [6, 6.07) is 6.32. The molecule has 1 saturated carbocycles. The Balaban J connectivity index is 1.26. The van der Waals surface area contributed by atoms with Crippen LogP contribution in [0.2, 0.25) is 0 Å². The minimum Gasteiger partial charge on any atom is -0.465 e. The van der Waals surface area contributed by atoms with Crippen LogP contribution in [0.5, 0.6) is 0 Å². The molecular formula is C21H30N6O2. The lowest BCUT2D eigenvalue weighted by atomic mass is 10.1. The Hall–Kier alpha value is -2.61. The Morgan fingerprint density at radius 1 is 1.21 bits per heavy atom. The van der Waals surface area contributed by atoms with Gasteiger partial charge in [0.05, 0.1) is 5.69 Å². The number of aromatic amines is 1. The predicted octanol–water partition coefficient (Wildman–Crippen LogP) is 3.19. The number of carboxylic acid groups (broad SMARTS) is 1. The Kier molecular flexibility index (Phi) is 5.99. The standard InChI is InChI=1S/C21H30N6O2/c1-14-19(15-7-8-15)26-20(24-14)17-5-2-6-18(25-17)23-11-10-22-16-4-3-12-27(13-9-16)21(28)29/h2,5-6,15-16,22H,3-4,7-13H2,1H3,(H,23,25)(H,24,26)(H,28,29). The molecule has 29 heavy (non-hydrogen) atoms. The lowest BCUT2D eigenvalue weighted by Gasteiger charge is -2.18. The first-order chi connectivity index (χ1) is 14.1. The first-order valence-electron chi connectivity index (χ1n) is 10.6. The summed E-state index contributed by atoms with van der Waals surface area (Å²) in [6.45, 7) is 4.88. The highest BCUT2D eigenvalue weighted by molar-refractivity contribution is 5.64. The van der Waals surface area contributed by atoms with Crippen molar-refractivity contribution >= 4 is 11.9 Å². The number of rotatable bonds is 7. The molecular weight excluding hydrogens is 368 g/mol. The van der Waals surface area contributed by atoms with Crippen molar-refractivity contribution in [3.05, 3.63) is 29.6 Å². The van der Waals surface area contributed by atoms with Gasteiger partial charge in [0.15, 0.2) is 5.82 Å². The van der Waals surface area contributed by atoms with Crippen molar-refractivity contribution in [2.75, 3.05) is 31.5 Å². The van der Waals surface area contributed by atoms with Crippen LogP contribution in [-0.4, -0.2) is 63.3 Å². The van der Waals surface area contributed by atoms with Crippen LogP contribution >= 0.6 is 0 Å². The number of pyridine rings is 1. The number of nitrogens with zero attached hydrogens (tertiary/aromatic N) is 3. The van der Waals surface area contributed by atoms with Gasteiger partial charge in [-0.05, 0) is 51.2 Å². The summed E-state index contributed by atoms with van der Waals surface area (Å²) >= 11 is 0. The second-order valence-corrected chi connectivity index (χ2v) is 8.05. The van der Waals surface area contributed by atoms with Crippen LogP contribution in [0.15, 0.2) is 18.2 Å². The number of aryl methyl sites for hydroxylation is 1. The van der Waals surface area contributed by atoms with Crippen LogP contribution in [0, 0.1) is 6.92 Å². The summed E-state index contributed by atoms with van der Waals surface area (Å²) in [5.41, 5.74) is 3.20. The normalized spacial score (nSPS) is 19.8. The number of anilines is 1. The molecule has 1 unspecified atom stereocenters. The van der Waals surface area contributed by atoms with Crippen LogP contribution in [0.3, 0.4) is 0 Å². The highest BCUT2D eigenvalue weighted by Gasteiger charge is 2.28. The number of aromatic nitrogens is 3. The molecule has 2 fully saturated rings. The second kappa shape index (κ2) is 8.82. The van der Waals surface area contributed by atoms with Gasteiger partial charge in [-0.15, -0.1) is 0 Å². The number of likely N-dealkylation sites (tertiary alicyclic amines) is 1. The van der Waals surface area contributed by atoms with Crippen molar-refractivity contribution in [2.24, 2.45) is 0 Å². The molecule has 1 aliphatic heterocycles. The van der Waals surface area contributed by atoms with Gasteiger partial charge in [-0.3, -0.25) is 0 Å². The van der Waals surface area contributed by atoms with E-state index in [1.54, 1.807) is 0 Å². The minimum absolute atomic E-state index is 0.368. The maximum Gasteiger partial charge on any atom is 0.407 e. The van der Waals surface area contributed by atoms with E-state index in [4.69, 9.17) is 10.1 Å². The summed E-state index contributed by atoms with van der Waals surface area (Å²) in [5, 5.41) is 16.0. The van der Waals surface area contributed by atoms with Crippen molar-refractivity contribution in [1.29, 1.82) is 0 Å². The van der Waals surface area contributed by atoms with Crippen molar-refractivity contribution in [1.82, 2.24) is 25.2 Å². The summed E-state index contributed by atoms with van der Waals surface area (Å²) in [7, 11) is 0. The fraction of sp³-hybridized carbons (Fsp3) is 0.571. The lowest BCUT2D eigenvalue weighted by molar-refractivity contribution is 0.146. The molecule has 3 heterocycles. The summed E-state index contributed by atoms with van der Waals surface area (Å²) in [5.74, 6) is 2.33. The molecule has 1 atom stereocenters. The molecule has 0 radical (unpaired) electrons. The Labute approximate surface area is 171 Å². The lowest BCUT2D eigenvalue weighted by Crippen LogP contribution is -2.35. The van der Waals surface area contributed by atoms with Gasteiger partial charge in [0, 0.05) is 43.8 Å². The van der Waals surface area contributed by atoms with Gasteiger partial charge in [0.1, 0.15) is 11.5 Å². The topological polar surface area (TPSA) is 106 Å². The minimum atomic E-state index is -0.811. The molecule has 8 heteroatoms. The van der Waals surface area contributed by atoms with Crippen LogP contribution in [0.25, 0.3) is 11.5 Å². The number of hydrogen-bond donors (Lipinski definition) is 4. The van der Waals surface area contributed by atoms with E-state index in [1.807, 2.05) is 18.2 Å². The molecule has 8 nitrogen and oxygen atoms in total. The molecule has 2 aromatic rings. The van der Waals surface area contributed by atoms with E-state index in [-0.39, 0.29) is 0 Å². The van der Waals surface area contributed by atoms with E-state index in [2.05, 4.69) is 27.5 Å². The van der Waals surface area contributed by atoms with Crippen molar-refractivity contribution in [3.63, 3.8) is 0 Å². The Bertz CT molecular complexity index is 847. The number of nitrogens with one attached hydrogen (secondary N) is 3. The van der Waals surface area contributed by atoms with Crippen LogP contribution in [0.1, 0.15) is 49.4 Å². The average molecular weight is 399 g/mol. The zero-order chi connectivity index (χ0) is 20.2. The number of H-pyrrole nitrogens is 1. The van der Waals surface area contributed by atoms with Crippen LogP contribution in [0.4, 0.5) is 10.6 Å². The van der Waals surface area contributed by atoms with Gasteiger partial charge in [-0.25, -0.2) is 14.8 Å². The fourth-order valence-corrected chi connectivity index (χ4v) is 3.99.